The summed E-state index contributed by atoms with van der Waals surface area (Å²) in [4.78, 5) is 25.8. The zero-order valence-electron chi connectivity index (χ0n) is 17.3. The number of nitrogens with zero attached hydrogens (tertiary/aromatic N) is 3. The standard InChI is InChI=1S/C25H22N4O2/c1-17(2)29-25(31)21-16-10-9-15-20(21)23(28-29)24(30)27-26-22(18-11-5-3-6-12-18)19-13-7-4-8-14-19/h3-17H,1-2H3,(H,27,30). The van der Waals surface area contributed by atoms with Crippen LogP contribution in [0, 0.1) is 0 Å². The first-order valence-corrected chi connectivity index (χ1v) is 10.1. The molecule has 0 radical (unpaired) electrons. The predicted octanol–water partition coefficient (Wildman–Crippen LogP) is 4.16. The Morgan fingerprint density at radius 2 is 1.35 bits per heavy atom. The topological polar surface area (TPSA) is 76.3 Å². The molecule has 154 valence electrons. The molecule has 1 N–H and O–H groups in total. The molecule has 1 aromatic heterocycles. The van der Waals surface area contributed by atoms with E-state index in [1.807, 2.05) is 74.5 Å². The molecule has 0 spiro atoms. The van der Waals surface area contributed by atoms with E-state index in [4.69, 9.17) is 0 Å². The zero-order chi connectivity index (χ0) is 21.8. The van der Waals surface area contributed by atoms with Gasteiger partial charge in [-0.3, -0.25) is 9.59 Å². The molecule has 6 heteroatoms. The van der Waals surface area contributed by atoms with E-state index >= 15 is 0 Å². The van der Waals surface area contributed by atoms with E-state index in [1.54, 1.807) is 24.3 Å². The highest BCUT2D eigenvalue weighted by Gasteiger charge is 2.18. The number of aromatic nitrogens is 2. The third kappa shape index (κ3) is 4.14. The van der Waals surface area contributed by atoms with Gasteiger partial charge in [-0.15, -0.1) is 0 Å². The van der Waals surface area contributed by atoms with Gasteiger partial charge in [0.1, 0.15) is 0 Å². The predicted molar refractivity (Wildman–Crippen MR) is 122 cm³/mol. The Hall–Kier alpha value is -4.06. The number of carbonyl (C=O) groups excluding carboxylic acids is 1. The summed E-state index contributed by atoms with van der Waals surface area (Å²) in [7, 11) is 0. The first-order chi connectivity index (χ1) is 15.1. The number of hydrogen-bond acceptors (Lipinski definition) is 4. The minimum atomic E-state index is -0.477. The maximum Gasteiger partial charge on any atom is 0.292 e. The molecule has 4 rings (SSSR count). The summed E-state index contributed by atoms with van der Waals surface area (Å²) in [6.45, 7) is 3.71. The van der Waals surface area contributed by atoms with E-state index < -0.39 is 5.91 Å². The van der Waals surface area contributed by atoms with Gasteiger partial charge in [-0.1, -0.05) is 78.9 Å². The number of rotatable bonds is 5. The lowest BCUT2D eigenvalue weighted by Crippen LogP contribution is -2.30. The Bertz CT molecular complexity index is 1270. The molecule has 4 aromatic rings. The van der Waals surface area contributed by atoms with E-state index in [9.17, 15) is 9.59 Å². The molecule has 0 aliphatic rings. The molecule has 1 amide bonds. The molecule has 0 saturated heterocycles. The SMILES string of the molecule is CC(C)n1nc(C(=O)NN=C(c2ccccc2)c2ccccc2)c2ccccc2c1=O. The van der Waals surface area contributed by atoms with Crippen molar-refractivity contribution in [2.24, 2.45) is 5.10 Å². The van der Waals surface area contributed by atoms with Crippen molar-refractivity contribution in [3.05, 3.63) is 112 Å². The highest BCUT2D eigenvalue weighted by atomic mass is 16.2. The van der Waals surface area contributed by atoms with Crippen molar-refractivity contribution in [3.63, 3.8) is 0 Å². The second-order valence-corrected chi connectivity index (χ2v) is 7.37. The molecule has 0 unspecified atom stereocenters. The number of carbonyl (C=O) groups is 1. The number of fused-ring (bicyclic) bond motifs is 1. The Labute approximate surface area is 179 Å². The molecule has 6 nitrogen and oxygen atoms in total. The van der Waals surface area contributed by atoms with E-state index in [-0.39, 0.29) is 17.3 Å². The molecule has 0 fully saturated rings. The fourth-order valence-corrected chi connectivity index (χ4v) is 3.37. The third-order valence-electron chi connectivity index (χ3n) is 4.90. The summed E-state index contributed by atoms with van der Waals surface area (Å²) < 4.78 is 1.33. The largest absolute Gasteiger partial charge is 0.292 e. The molecule has 0 aliphatic carbocycles. The summed E-state index contributed by atoms with van der Waals surface area (Å²) in [5.74, 6) is -0.477. The van der Waals surface area contributed by atoms with Gasteiger partial charge in [0.2, 0.25) is 0 Å². The van der Waals surface area contributed by atoms with E-state index in [0.29, 0.717) is 16.5 Å². The number of benzene rings is 3. The Morgan fingerprint density at radius 3 is 1.90 bits per heavy atom. The number of hydrazone groups is 1. The van der Waals surface area contributed by atoms with Gasteiger partial charge in [0, 0.05) is 16.5 Å². The van der Waals surface area contributed by atoms with Crippen molar-refractivity contribution >= 4 is 22.4 Å². The van der Waals surface area contributed by atoms with Crippen molar-refractivity contribution < 1.29 is 4.79 Å². The maximum atomic E-state index is 13.1. The Morgan fingerprint density at radius 1 is 0.839 bits per heavy atom. The first kappa shape index (κ1) is 20.2. The molecular formula is C25H22N4O2. The Kier molecular flexibility index (Phi) is 5.71. The molecule has 0 bridgehead atoms. The van der Waals surface area contributed by atoms with Crippen LogP contribution in [-0.2, 0) is 0 Å². The normalized spacial score (nSPS) is 10.8. The second-order valence-electron chi connectivity index (χ2n) is 7.37. The summed E-state index contributed by atoms with van der Waals surface area (Å²) in [6.07, 6.45) is 0. The van der Waals surface area contributed by atoms with Crippen molar-refractivity contribution in [2.45, 2.75) is 19.9 Å². The highest BCUT2D eigenvalue weighted by Crippen LogP contribution is 2.15. The average Bonchev–Trinajstić information content (AvgIpc) is 2.80. The van der Waals surface area contributed by atoms with Crippen molar-refractivity contribution in [2.75, 3.05) is 0 Å². The van der Waals surface area contributed by atoms with Gasteiger partial charge in [-0.2, -0.15) is 10.2 Å². The lowest BCUT2D eigenvalue weighted by atomic mass is 10.0. The molecule has 0 atom stereocenters. The molecule has 0 saturated carbocycles. The van der Waals surface area contributed by atoms with Crippen LogP contribution in [0.1, 0.15) is 41.5 Å². The van der Waals surface area contributed by atoms with Gasteiger partial charge in [-0.05, 0) is 19.9 Å². The van der Waals surface area contributed by atoms with Crippen molar-refractivity contribution in [3.8, 4) is 0 Å². The Balaban J connectivity index is 1.78. The first-order valence-electron chi connectivity index (χ1n) is 10.1. The van der Waals surface area contributed by atoms with Gasteiger partial charge in [-0.25, -0.2) is 10.1 Å². The monoisotopic (exact) mass is 410 g/mol. The molecule has 3 aromatic carbocycles. The van der Waals surface area contributed by atoms with Gasteiger partial charge in [0.15, 0.2) is 5.69 Å². The molecule has 1 heterocycles. The summed E-state index contributed by atoms with van der Waals surface area (Å²) in [5, 5.41) is 9.73. The van der Waals surface area contributed by atoms with Crippen molar-refractivity contribution in [1.82, 2.24) is 15.2 Å². The van der Waals surface area contributed by atoms with Gasteiger partial charge >= 0.3 is 0 Å². The van der Waals surface area contributed by atoms with Gasteiger partial charge in [0.05, 0.1) is 17.1 Å². The number of amides is 1. The summed E-state index contributed by atoms with van der Waals surface area (Å²) >= 11 is 0. The number of nitrogens with one attached hydrogen (secondary N) is 1. The molecule has 31 heavy (non-hydrogen) atoms. The fourth-order valence-electron chi connectivity index (χ4n) is 3.37. The second kappa shape index (κ2) is 8.75. The van der Waals surface area contributed by atoms with Crippen LogP contribution in [0.25, 0.3) is 10.8 Å². The summed E-state index contributed by atoms with van der Waals surface area (Å²) in [6, 6.07) is 26.1. The van der Waals surface area contributed by atoms with E-state index in [1.165, 1.54) is 4.68 Å². The van der Waals surface area contributed by atoms with Crippen molar-refractivity contribution in [1.29, 1.82) is 0 Å². The van der Waals surface area contributed by atoms with Gasteiger partial charge < -0.3 is 0 Å². The van der Waals surface area contributed by atoms with Crippen LogP contribution in [0.3, 0.4) is 0 Å². The van der Waals surface area contributed by atoms with Crippen LogP contribution in [0.2, 0.25) is 0 Å². The van der Waals surface area contributed by atoms with Crippen LogP contribution in [0.4, 0.5) is 0 Å². The van der Waals surface area contributed by atoms with Crippen LogP contribution in [-0.4, -0.2) is 21.4 Å². The lowest BCUT2D eigenvalue weighted by Gasteiger charge is -2.13. The minimum Gasteiger partial charge on any atom is -0.267 e. The van der Waals surface area contributed by atoms with Gasteiger partial charge in [0.25, 0.3) is 11.5 Å². The van der Waals surface area contributed by atoms with E-state index in [0.717, 1.165) is 11.1 Å². The number of hydrogen-bond donors (Lipinski definition) is 1. The van der Waals surface area contributed by atoms with Crippen LogP contribution in [0.5, 0.6) is 0 Å². The van der Waals surface area contributed by atoms with Crippen LogP contribution < -0.4 is 11.0 Å². The zero-order valence-corrected chi connectivity index (χ0v) is 17.3. The van der Waals surface area contributed by atoms with E-state index in [2.05, 4.69) is 15.6 Å². The third-order valence-corrected chi connectivity index (χ3v) is 4.90. The average molecular weight is 410 g/mol. The van der Waals surface area contributed by atoms with Crippen LogP contribution >= 0.6 is 0 Å². The quantitative estimate of drug-likeness (QED) is 0.396. The smallest absolute Gasteiger partial charge is 0.267 e. The van der Waals surface area contributed by atoms with Crippen LogP contribution in [0.15, 0.2) is 94.8 Å². The summed E-state index contributed by atoms with van der Waals surface area (Å²) in [5.41, 5.74) is 4.97. The maximum absolute atomic E-state index is 13.1. The molecule has 0 aliphatic heterocycles. The lowest BCUT2D eigenvalue weighted by molar-refractivity contribution is 0.0949. The minimum absolute atomic E-state index is 0.160. The molecular weight excluding hydrogens is 388 g/mol. The highest BCUT2D eigenvalue weighted by molar-refractivity contribution is 6.13. The fraction of sp³-hybridized carbons (Fsp3) is 0.120.